The third-order valence-corrected chi connectivity index (χ3v) is 4.87. The van der Waals surface area contributed by atoms with Crippen molar-refractivity contribution in [2.45, 2.75) is 37.6 Å². The summed E-state index contributed by atoms with van der Waals surface area (Å²) in [4.78, 5) is 21.0. The highest BCUT2D eigenvalue weighted by molar-refractivity contribution is 5.73. The lowest BCUT2D eigenvalue weighted by atomic mass is 9.78. The van der Waals surface area contributed by atoms with Crippen molar-refractivity contribution in [3.63, 3.8) is 0 Å². The van der Waals surface area contributed by atoms with Crippen LogP contribution in [-0.2, 0) is 12.0 Å². The van der Waals surface area contributed by atoms with Gasteiger partial charge in [0.05, 0.1) is 6.54 Å². The lowest BCUT2D eigenvalue weighted by molar-refractivity contribution is 0.202. The van der Waals surface area contributed by atoms with Gasteiger partial charge in [-0.1, -0.05) is 31.0 Å². The number of carbonyl (C=O) groups is 1. The molecule has 1 aliphatic carbocycles. The number of benzene rings is 1. The molecular weight excluding hydrogens is 307 g/mol. The second-order valence-electron chi connectivity index (χ2n) is 6.52. The van der Waals surface area contributed by atoms with Gasteiger partial charge in [-0.05, 0) is 24.5 Å². The van der Waals surface area contributed by atoms with E-state index in [0.717, 1.165) is 37.1 Å². The summed E-state index contributed by atoms with van der Waals surface area (Å²) in [5.41, 5.74) is 0.420. The standard InChI is InChI=1S/C18H23FN4O/c1-23(12-16-20-10-11-21-16)17(24)22-13-18(8-4-5-9-18)14-6-2-3-7-15(14)19/h2-3,6-7,10-11H,4-5,8-9,12-13H2,1H3,(H,20,21)(H,22,24). The molecule has 24 heavy (non-hydrogen) atoms. The first-order valence-electron chi connectivity index (χ1n) is 8.33. The lowest BCUT2D eigenvalue weighted by Crippen LogP contribution is -2.44. The van der Waals surface area contributed by atoms with Crippen molar-refractivity contribution in [1.82, 2.24) is 20.2 Å². The predicted octanol–water partition coefficient (Wildman–Crippen LogP) is 3.20. The highest BCUT2D eigenvalue weighted by atomic mass is 19.1. The summed E-state index contributed by atoms with van der Waals surface area (Å²) in [5.74, 6) is 0.551. The zero-order chi connectivity index (χ0) is 17.0. The molecular formula is C18H23FN4O. The average Bonchev–Trinajstić information content (AvgIpc) is 3.25. The van der Waals surface area contributed by atoms with Crippen molar-refractivity contribution < 1.29 is 9.18 Å². The van der Waals surface area contributed by atoms with Gasteiger partial charge in [0.25, 0.3) is 0 Å². The lowest BCUT2D eigenvalue weighted by Gasteiger charge is -2.31. The third kappa shape index (κ3) is 3.42. The summed E-state index contributed by atoms with van der Waals surface area (Å²) in [6.45, 7) is 0.862. The van der Waals surface area contributed by atoms with Gasteiger partial charge in [-0.25, -0.2) is 14.2 Å². The number of nitrogens with one attached hydrogen (secondary N) is 2. The molecule has 0 aliphatic heterocycles. The molecule has 0 bridgehead atoms. The number of hydrogen-bond donors (Lipinski definition) is 2. The monoisotopic (exact) mass is 330 g/mol. The Morgan fingerprint density at radius 1 is 1.38 bits per heavy atom. The largest absolute Gasteiger partial charge is 0.347 e. The maximum Gasteiger partial charge on any atom is 0.317 e. The van der Waals surface area contributed by atoms with Gasteiger partial charge < -0.3 is 15.2 Å². The minimum atomic E-state index is -0.299. The minimum absolute atomic E-state index is 0.172. The van der Waals surface area contributed by atoms with Crippen LogP contribution in [0.1, 0.15) is 37.1 Å². The maximum atomic E-state index is 14.3. The Bertz CT molecular complexity index is 680. The fraction of sp³-hybridized carbons (Fsp3) is 0.444. The SMILES string of the molecule is CN(Cc1ncc[nH]1)C(=O)NCC1(c2ccccc2F)CCCC1. The summed E-state index contributed by atoms with van der Waals surface area (Å²) < 4.78 is 14.3. The Kier molecular flexibility index (Phi) is 4.83. The smallest absolute Gasteiger partial charge is 0.317 e. The van der Waals surface area contributed by atoms with E-state index in [0.29, 0.717) is 13.1 Å². The van der Waals surface area contributed by atoms with Crippen LogP contribution in [0.2, 0.25) is 0 Å². The molecule has 0 saturated heterocycles. The van der Waals surface area contributed by atoms with Gasteiger partial charge in [0.1, 0.15) is 11.6 Å². The summed E-state index contributed by atoms with van der Waals surface area (Å²) in [5, 5.41) is 2.98. The van der Waals surface area contributed by atoms with Crippen molar-refractivity contribution in [1.29, 1.82) is 0 Å². The van der Waals surface area contributed by atoms with Crippen LogP contribution < -0.4 is 5.32 Å². The van der Waals surface area contributed by atoms with E-state index in [4.69, 9.17) is 0 Å². The molecule has 1 aliphatic rings. The van der Waals surface area contributed by atoms with Crippen LogP contribution in [0.3, 0.4) is 0 Å². The number of carbonyl (C=O) groups excluding carboxylic acids is 1. The molecule has 1 aromatic carbocycles. The van der Waals surface area contributed by atoms with E-state index in [-0.39, 0.29) is 17.3 Å². The van der Waals surface area contributed by atoms with Crippen molar-refractivity contribution in [3.8, 4) is 0 Å². The van der Waals surface area contributed by atoms with Crippen molar-refractivity contribution in [3.05, 3.63) is 53.9 Å². The van der Waals surface area contributed by atoms with Crippen LogP contribution in [0, 0.1) is 5.82 Å². The second-order valence-corrected chi connectivity index (χ2v) is 6.52. The van der Waals surface area contributed by atoms with Gasteiger partial charge in [-0.2, -0.15) is 0 Å². The Balaban J connectivity index is 1.66. The van der Waals surface area contributed by atoms with E-state index in [2.05, 4.69) is 15.3 Å². The summed E-state index contributed by atoms with van der Waals surface area (Å²) in [6, 6.07) is 6.74. The molecule has 6 heteroatoms. The summed E-state index contributed by atoms with van der Waals surface area (Å²) in [6.07, 6.45) is 7.31. The highest BCUT2D eigenvalue weighted by Gasteiger charge is 2.38. The van der Waals surface area contributed by atoms with Gasteiger partial charge in [-0.15, -0.1) is 0 Å². The first-order valence-corrected chi connectivity index (χ1v) is 8.33. The molecule has 1 heterocycles. The van der Waals surface area contributed by atoms with E-state index in [9.17, 15) is 9.18 Å². The Hall–Kier alpha value is -2.37. The molecule has 3 rings (SSSR count). The number of imidazole rings is 1. The predicted molar refractivity (Wildman–Crippen MR) is 90.0 cm³/mol. The summed E-state index contributed by atoms with van der Waals surface area (Å²) >= 11 is 0. The molecule has 0 radical (unpaired) electrons. The molecule has 0 unspecified atom stereocenters. The molecule has 5 nitrogen and oxygen atoms in total. The fourth-order valence-corrected chi connectivity index (χ4v) is 3.55. The van der Waals surface area contributed by atoms with Crippen LogP contribution in [0.15, 0.2) is 36.7 Å². The topological polar surface area (TPSA) is 61.0 Å². The van der Waals surface area contributed by atoms with Crippen LogP contribution in [0.5, 0.6) is 0 Å². The van der Waals surface area contributed by atoms with Crippen LogP contribution in [0.4, 0.5) is 9.18 Å². The van der Waals surface area contributed by atoms with Gasteiger partial charge >= 0.3 is 6.03 Å². The fourth-order valence-electron chi connectivity index (χ4n) is 3.55. The molecule has 1 aromatic heterocycles. The van der Waals surface area contributed by atoms with E-state index in [1.165, 1.54) is 6.07 Å². The maximum absolute atomic E-state index is 14.3. The van der Waals surface area contributed by atoms with Crippen LogP contribution >= 0.6 is 0 Å². The van der Waals surface area contributed by atoms with Crippen molar-refractivity contribution in [2.75, 3.05) is 13.6 Å². The molecule has 2 aromatic rings. The highest BCUT2D eigenvalue weighted by Crippen LogP contribution is 2.41. The van der Waals surface area contributed by atoms with E-state index in [1.54, 1.807) is 30.4 Å². The second kappa shape index (κ2) is 7.03. The van der Waals surface area contributed by atoms with Gasteiger partial charge in [-0.3, -0.25) is 0 Å². The zero-order valence-electron chi connectivity index (χ0n) is 13.9. The number of nitrogens with zero attached hydrogens (tertiary/aromatic N) is 2. The number of halogens is 1. The molecule has 128 valence electrons. The van der Waals surface area contributed by atoms with Gasteiger partial charge in [0.2, 0.25) is 0 Å². The quantitative estimate of drug-likeness (QED) is 0.884. The number of amides is 2. The molecule has 2 amide bonds. The normalized spacial score (nSPS) is 16.1. The van der Waals surface area contributed by atoms with Crippen molar-refractivity contribution in [2.24, 2.45) is 0 Å². The first kappa shape index (κ1) is 16.5. The van der Waals surface area contributed by atoms with Crippen molar-refractivity contribution >= 4 is 6.03 Å². The number of aromatic amines is 1. The molecule has 2 N–H and O–H groups in total. The average molecular weight is 330 g/mol. The number of urea groups is 1. The number of hydrogen-bond acceptors (Lipinski definition) is 2. The zero-order valence-corrected chi connectivity index (χ0v) is 13.9. The number of H-pyrrole nitrogens is 1. The van der Waals surface area contributed by atoms with Crippen LogP contribution in [-0.4, -0.2) is 34.5 Å². The molecule has 0 spiro atoms. The Morgan fingerprint density at radius 2 is 2.12 bits per heavy atom. The number of aromatic nitrogens is 2. The first-order chi connectivity index (χ1) is 11.6. The minimum Gasteiger partial charge on any atom is -0.347 e. The number of rotatable bonds is 5. The Labute approximate surface area is 141 Å². The molecule has 1 saturated carbocycles. The van der Waals surface area contributed by atoms with E-state index >= 15 is 0 Å². The van der Waals surface area contributed by atoms with Crippen LogP contribution in [0.25, 0.3) is 0 Å². The Morgan fingerprint density at radius 3 is 2.79 bits per heavy atom. The molecule has 1 fully saturated rings. The summed E-state index contributed by atoms with van der Waals surface area (Å²) in [7, 11) is 1.72. The van der Waals surface area contributed by atoms with Gasteiger partial charge in [0, 0.05) is 31.4 Å². The van der Waals surface area contributed by atoms with E-state index in [1.807, 2.05) is 12.1 Å². The third-order valence-electron chi connectivity index (χ3n) is 4.87. The van der Waals surface area contributed by atoms with Gasteiger partial charge in [0.15, 0.2) is 0 Å². The molecule has 0 atom stereocenters. The van der Waals surface area contributed by atoms with E-state index < -0.39 is 0 Å².